The van der Waals surface area contributed by atoms with Crippen LogP contribution in [0, 0.1) is 0 Å². The zero-order chi connectivity index (χ0) is 12.0. The van der Waals surface area contributed by atoms with E-state index in [9.17, 15) is 4.79 Å². The molecule has 88 valence electrons. The highest BCUT2D eigenvalue weighted by molar-refractivity contribution is 6.34. The van der Waals surface area contributed by atoms with Gasteiger partial charge in [0.1, 0.15) is 23.7 Å². The van der Waals surface area contributed by atoms with Crippen LogP contribution >= 0.6 is 11.6 Å². The van der Waals surface area contributed by atoms with Crippen molar-refractivity contribution < 1.29 is 14.3 Å². The van der Waals surface area contributed by atoms with Gasteiger partial charge in [0.2, 0.25) is 0 Å². The summed E-state index contributed by atoms with van der Waals surface area (Å²) in [5, 5.41) is 0.343. The van der Waals surface area contributed by atoms with Gasteiger partial charge in [0, 0.05) is 13.5 Å². The third-order valence-electron chi connectivity index (χ3n) is 2.08. The van der Waals surface area contributed by atoms with E-state index in [1.54, 1.807) is 19.2 Å². The lowest BCUT2D eigenvalue weighted by atomic mass is 10.1. The van der Waals surface area contributed by atoms with E-state index in [2.05, 4.69) is 0 Å². The fourth-order valence-corrected chi connectivity index (χ4v) is 1.47. The Labute approximate surface area is 99.3 Å². The molecule has 1 aromatic carbocycles. The van der Waals surface area contributed by atoms with Crippen LogP contribution in [0.5, 0.6) is 5.75 Å². The molecule has 2 N–H and O–H groups in total. The number of aldehydes is 1. The highest BCUT2D eigenvalue weighted by Crippen LogP contribution is 2.32. The lowest BCUT2D eigenvalue weighted by Crippen LogP contribution is -2.06. The Bertz CT molecular complexity index is 368. The van der Waals surface area contributed by atoms with Crippen LogP contribution in [-0.2, 0) is 16.0 Å². The standard InChI is InChI=1S/C11H14ClNO3/c1-15-6-7-16-9-3-2-8(4-5-14)11(13)10(9)12/h2-3,5H,4,6-7,13H2,1H3. The maximum Gasteiger partial charge on any atom is 0.140 e. The molecule has 0 atom stereocenters. The molecule has 0 heterocycles. The van der Waals surface area contributed by atoms with Crippen molar-refractivity contribution in [2.24, 2.45) is 0 Å². The van der Waals surface area contributed by atoms with E-state index < -0.39 is 0 Å². The number of halogens is 1. The summed E-state index contributed by atoms with van der Waals surface area (Å²) in [5.41, 5.74) is 6.87. The molecule has 0 amide bonds. The average Bonchev–Trinajstić information content (AvgIpc) is 2.28. The molecular weight excluding hydrogens is 230 g/mol. The smallest absolute Gasteiger partial charge is 0.140 e. The maximum absolute atomic E-state index is 10.4. The maximum atomic E-state index is 10.4. The van der Waals surface area contributed by atoms with Crippen molar-refractivity contribution in [3.63, 3.8) is 0 Å². The van der Waals surface area contributed by atoms with Crippen molar-refractivity contribution in [2.75, 3.05) is 26.1 Å². The highest BCUT2D eigenvalue weighted by atomic mass is 35.5. The Morgan fingerprint density at radius 1 is 1.44 bits per heavy atom. The van der Waals surface area contributed by atoms with E-state index in [-0.39, 0.29) is 6.42 Å². The number of carbonyl (C=O) groups excluding carboxylic acids is 1. The Hall–Kier alpha value is -1.26. The Morgan fingerprint density at radius 2 is 2.19 bits per heavy atom. The zero-order valence-electron chi connectivity index (χ0n) is 9.03. The van der Waals surface area contributed by atoms with Crippen LogP contribution in [0.15, 0.2) is 12.1 Å². The number of carbonyl (C=O) groups is 1. The first kappa shape index (κ1) is 12.8. The summed E-state index contributed by atoms with van der Waals surface area (Å²) < 4.78 is 10.2. The lowest BCUT2D eigenvalue weighted by molar-refractivity contribution is -0.107. The first-order valence-corrected chi connectivity index (χ1v) is 5.20. The first-order chi connectivity index (χ1) is 7.70. The molecule has 5 heteroatoms. The average molecular weight is 244 g/mol. The summed E-state index contributed by atoms with van der Waals surface area (Å²) in [6.07, 6.45) is 1.04. The van der Waals surface area contributed by atoms with Gasteiger partial charge in [-0.2, -0.15) is 0 Å². The predicted octanol–water partition coefficient (Wildman–Crippen LogP) is 1.69. The van der Waals surface area contributed by atoms with Gasteiger partial charge in [-0.25, -0.2) is 0 Å². The van der Waals surface area contributed by atoms with Gasteiger partial charge in [0.25, 0.3) is 0 Å². The summed E-state index contributed by atoms with van der Waals surface area (Å²) in [6.45, 7) is 0.884. The number of rotatable bonds is 6. The first-order valence-electron chi connectivity index (χ1n) is 4.83. The Balaban J connectivity index is 2.80. The topological polar surface area (TPSA) is 61.5 Å². The third kappa shape index (κ3) is 3.12. The van der Waals surface area contributed by atoms with Crippen LogP contribution in [0.25, 0.3) is 0 Å². The summed E-state index contributed by atoms with van der Waals surface area (Å²) >= 11 is 6.01. The number of nitrogens with two attached hydrogens (primary N) is 1. The number of ether oxygens (including phenoxy) is 2. The van der Waals surface area contributed by atoms with Gasteiger partial charge in [-0.05, 0) is 11.6 Å². The molecule has 16 heavy (non-hydrogen) atoms. The predicted molar refractivity (Wildman–Crippen MR) is 63.0 cm³/mol. The molecule has 0 saturated carbocycles. The molecule has 0 radical (unpaired) electrons. The fraction of sp³-hybridized carbons (Fsp3) is 0.364. The Kier molecular flexibility index (Phi) is 5.08. The van der Waals surface area contributed by atoms with Crippen LogP contribution in [-0.4, -0.2) is 26.6 Å². The summed E-state index contributed by atoms with van der Waals surface area (Å²) in [5.74, 6) is 0.505. The van der Waals surface area contributed by atoms with Gasteiger partial charge >= 0.3 is 0 Å². The second kappa shape index (κ2) is 6.35. The minimum absolute atomic E-state index is 0.254. The van der Waals surface area contributed by atoms with Crippen molar-refractivity contribution in [1.82, 2.24) is 0 Å². The number of methoxy groups -OCH3 is 1. The van der Waals surface area contributed by atoms with E-state index in [0.29, 0.717) is 35.2 Å². The van der Waals surface area contributed by atoms with Crippen LogP contribution < -0.4 is 10.5 Å². The molecule has 0 bridgehead atoms. The molecule has 0 unspecified atom stereocenters. The molecule has 0 aromatic heterocycles. The van der Waals surface area contributed by atoms with Crippen LogP contribution in [0.1, 0.15) is 5.56 Å². The van der Waals surface area contributed by atoms with Gasteiger partial charge in [-0.15, -0.1) is 0 Å². The zero-order valence-corrected chi connectivity index (χ0v) is 9.79. The molecule has 0 fully saturated rings. The third-order valence-corrected chi connectivity index (χ3v) is 2.47. The molecule has 1 rings (SSSR count). The number of benzene rings is 1. The second-order valence-electron chi connectivity index (χ2n) is 3.16. The highest BCUT2D eigenvalue weighted by Gasteiger charge is 2.09. The van der Waals surface area contributed by atoms with Crippen molar-refractivity contribution in [3.8, 4) is 5.75 Å². The monoisotopic (exact) mass is 243 g/mol. The normalized spacial score (nSPS) is 10.1. The van der Waals surface area contributed by atoms with Crippen LogP contribution in [0.2, 0.25) is 5.02 Å². The number of hydrogen-bond acceptors (Lipinski definition) is 4. The molecule has 0 saturated heterocycles. The summed E-state index contributed by atoms with van der Waals surface area (Å²) in [6, 6.07) is 3.44. The Morgan fingerprint density at radius 3 is 2.81 bits per heavy atom. The van der Waals surface area contributed by atoms with E-state index in [1.165, 1.54) is 0 Å². The molecular formula is C11H14ClNO3. The van der Waals surface area contributed by atoms with E-state index in [4.69, 9.17) is 26.8 Å². The van der Waals surface area contributed by atoms with Crippen molar-refractivity contribution in [1.29, 1.82) is 0 Å². The lowest BCUT2D eigenvalue weighted by Gasteiger charge is -2.11. The summed E-state index contributed by atoms with van der Waals surface area (Å²) in [4.78, 5) is 10.4. The molecule has 0 aliphatic carbocycles. The second-order valence-corrected chi connectivity index (χ2v) is 3.54. The van der Waals surface area contributed by atoms with Gasteiger partial charge in [-0.1, -0.05) is 17.7 Å². The van der Waals surface area contributed by atoms with Gasteiger partial charge in [-0.3, -0.25) is 0 Å². The van der Waals surface area contributed by atoms with Crippen molar-refractivity contribution >= 4 is 23.6 Å². The van der Waals surface area contributed by atoms with E-state index in [0.717, 1.165) is 6.29 Å². The van der Waals surface area contributed by atoms with Crippen LogP contribution in [0.3, 0.4) is 0 Å². The number of anilines is 1. The van der Waals surface area contributed by atoms with Gasteiger partial charge in [0.15, 0.2) is 0 Å². The van der Waals surface area contributed by atoms with Crippen molar-refractivity contribution in [2.45, 2.75) is 6.42 Å². The fourth-order valence-electron chi connectivity index (χ4n) is 1.23. The number of nitrogen functional groups attached to an aromatic ring is 1. The van der Waals surface area contributed by atoms with Crippen molar-refractivity contribution in [3.05, 3.63) is 22.7 Å². The molecule has 0 aliphatic heterocycles. The quantitative estimate of drug-likeness (QED) is 0.469. The van der Waals surface area contributed by atoms with E-state index >= 15 is 0 Å². The molecule has 0 spiro atoms. The minimum Gasteiger partial charge on any atom is -0.490 e. The molecule has 1 aromatic rings. The van der Waals surface area contributed by atoms with Gasteiger partial charge in [0.05, 0.1) is 12.3 Å². The SMILES string of the molecule is COCCOc1ccc(CC=O)c(N)c1Cl. The van der Waals surface area contributed by atoms with E-state index in [1.807, 2.05) is 0 Å². The largest absolute Gasteiger partial charge is 0.490 e. The van der Waals surface area contributed by atoms with Crippen LogP contribution in [0.4, 0.5) is 5.69 Å². The minimum atomic E-state index is 0.254. The molecule has 0 aliphatic rings. The number of hydrogen-bond donors (Lipinski definition) is 1. The summed E-state index contributed by atoms with van der Waals surface area (Å²) in [7, 11) is 1.59. The molecule has 4 nitrogen and oxygen atoms in total. The van der Waals surface area contributed by atoms with Gasteiger partial charge < -0.3 is 20.0 Å².